The smallest absolute Gasteiger partial charge is 0.338 e. The minimum Gasteiger partial charge on any atom is -0.497 e. The quantitative estimate of drug-likeness (QED) is 0.376. The van der Waals surface area contributed by atoms with Crippen molar-refractivity contribution in [3.63, 3.8) is 0 Å². The lowest BCUT2D eigenvalue weighted by atomic mass is 9.95. The van der Waals surface area contributed by atoms with Crippen molar-refractivity contribution < 1.29 is 28.7 Å². The molecule has 2 rings (SSSR count). The molecular formula is C20H26N4O6. The maximum absolute atomic E-state index is 12.7. The van der Waals surface area contributed by atoms with E-state index in [0.717, 1.165) is 0 Å². The van der Waals surface area contributed by atoms with Gasteiger partial charge in [0.1, 0.15) is 5.75 Å². The molecule has 0 radical (unpaired) electrons. The summed E-state index contributed by atoms with van der Waals surface area (Å²) >= 11 is 0. The Bertz CT molecular complexity index is 847. The molecule has 1 aromatic rings. The molecule has 0 saturated carbocycles. The highest BCUT2D eigenvalue weighted by Crippen LogP contribution is 2.28. The molecule has 0 unspecified atom stereocenters. The lowest BCUT2D eigenvalue weighted by Crippen LogP contribution is -2.50. The molecular weight excluding hydrogens is 392 g/mol. The Morgan fingerprint density at radius 2 is 1.80 bits per heavy atom. The number of methoxy groups -OCH3 is 1. The van der Waals surface area contributed by atoms with Crippen LogP contribution < -0.4 is 26.0 Å². The minimum absolute atomic E-state index is 0.127. The van der Waals surface area contributed by atoms with Crippen LogP contribution >= 0.6 is 0 Å². The van der Waals surface area contributed by atoms with E-state index in [0.29, 0.717) is 11.3 Å². The lowest BCUT2D eigenvalue weighted by Gasteiger charge is -2.29. The molecule has 30 heavy (non-hydrogen) atoms. The summed E-state index contributed by atoms with van der Waals surface area (Å²) in [5.41, 5.74) is 0.894. The minimum atomic E-state index is -0.881. The Labute approximate surface area is 174 Å². The van der Waals surface area contributed by atoms with Crippen molar-refractivity contribution in [2.45, 2.75) is 32.9 Å². The lowest BCUT2D eigenvalue weighted by molar-refractivity contribution is -0.139. The number of hydrogen-bond donors (Lipinski definition) is 4. The van der Waals surface area contributed by atoms with Gasteiger partial charge in [-0.2, -0.15) is 0 Å². The van der Waals surface area contributed by atoms with Crippen LogP contribution in [0.15, 0.2) is 35.5 Å². The second kappa shape index (κ2) is 10.3. The van der Waals surface area contributed by atoms with Crippen LogP contribution in [0.5, 0.6) is 5.75 Å². The standard InChI is InChI=1S/C20H26N4O6/c1-5-30-19(27)15-14(10-21-17(25)18(26)22-11(2)3)23-20(28)24-16(15)12-6-8-13(29-4)9-7-12/h6-9,11,16H,5,10H2,1-4H3,(H,21,25)(H,22,26)(H2,23,24,28)/t16-/m0/s1. The maximum Gasteiger partial charge on any atom is 0.338 e. The number of urea groups is 1. The van der Waals surface area contributed by atoms with Gasteiger partial charge < -0.3 is 30.7 Å². The molecule has 0 bridgehead atoms. The summed E-state index contributed by atoms with van der Waals surface area (Å²) < 4.78 is 10.3. The Kier molecular flexibility index (Phi) is 7.79. The van der Waals surface area contributed by atoms with Gasteiger partial charge in [-0.3, -0.25) is 9.59 Å². The van der Waals surface area contributed by atoms with E-state index < -0.39 is 29.9 Å². The van der Waals surface area contributed by atoms with E-state index in [2.05, 4.69) is 21.3 Å². The molecule has 0 saturated heterocycles. The summed E-state index contributed by atoms with van der Waals surface area (Å²) in [6, 6.07) is 5.24. The first-order chi connectivity index (χ1) is 14.3. The van der Waals surface area contributed by atoms with Gasteiger partial charge in [0.05, 0.1) is 37.6 Å². The second-order valence-corrected chi connectivity index (χ2v) is 6.73. The van der Waals surface area contributed by atoms with Crippen molar-refractivity contribution in [3.05, 3.63) is 41.1 Å². The number of carbonyl (C=O) groups is 4. The van der Waals surface area contributed by atoms with Gasteiger partial charge in [-0.25, -0.2) is 9.59 Å². The summed E-state index contributed by atoms with van der Waals surface area (Å²) in [4.78, 5) is 48.7. The highest BCUT2D eigenvalue weighted by atomic mass is 16.5. The van der Waals surface area contributed by atoms with Crippen molar-refractivity contribution in [1.82, 2.24) is 21.3 Å². The van der Waals surface area contributed by atoms with Crippen LogP contribution in [-0.4, -0.2) is 50.1 Å². The Hall–Kier alpha value is -3.56. The molecule has 0 aromatic heterocycles. The SMILES string of the molecule is CCOC(=O)C1=C(CNC(=O)C(=O)NC(C)C)NC(=O)N[C@H]1c1ccc(OC)cc1. The molecule has 1 heterocycles. The largest absolute Gasteiger partial charge is 0.497 e. The third-order valence-electron chi connectivity index (χ3n) is 4.15. The number of rotatable bonds is 7. The van der Waals surface area contributed by atoms with Gasteiger partial charge in [-0.15, -0.1) is 0 Å². The molecule has 10 nitrogen and oxygen atoms in total. The van der Waals surface area contributed by atoms with Crippen LogP contribution in [-0.2, 0) is 19.1 Å². The van der Waals surface area contributed by atoms with Crippen molar-refractivity contribution >= 4 is 23.8 Å². The summed E-state index contributed by atoms with van der Waals surface area (Å²) in [6.07, 6.45) is 0. The molecule has 4 N–H and O–H groups in total. The molecule has 1 atom stereocenters. The van der Waals surface area contributed by atoms with E-state index in [1.807, 2.05) is 0 Å². The first-order valence-corrected chi connectivity index (χ1v) is 9.47. The third kappa shape index (κ3) is 5.72. The summed E-state index contributed by atoms with van der Waals surface area (Å²) in [5, 5.41) is 10.1. The fourth-order valence-corrected chi connectivity index (χ4v) is 2.83. The Morgan fingerprint density at radius 3 is 2.37 bits per heavy atom. The summed E-state index contributed by atoms with van der Waals surface area (Å²) in [7, 11) is 1.53. The van der Waals surface area contributed by atoms with E-state index in [4.69, 9.17) is 9.47 Å². The van der Waals surface area contributed by atoms with Gasteiger partial charge in [-0.05, 0) is 38.5 Å². The second-order valence-electron chi connectivity index (χ2n) is 6.73. The van der Waals surface area contributed by atoms with Crippen LogP contribution in [0, 0.1) is 0 Å². The van der Waals surface area contributed by atoms with Crippen LogP contribution in [0.4, 0.5) is 4.79 Å². The van der Waals surface area contributed by atoms with Crippen LogP contribution in [0.2, 0.25) is 0 Å². The Morgan fingerprint density at radius 1 is 1.13 bits per heavy atom. The zero-order chi connectivity index (χ0) is 22.3. The van der Waals surface area contributed by atoms with E-state index >= 15 is 0 Å². The highest BCUT2D eigenvalue weighted by Gasteiger charge is 2.34. The molecule has 1 aliphatic rings. The number of esters is 1. The third-order valence-corrected chi connectivity index (χ3v) is 4.15. The normalized spacial score (nSPS) is 15.8. The molecule has 0 fully saturated rings. The predicted molar refractivity (Wildman–Crippen MR) is 107 cm³/mol. The van der Waals surface area contributed by atoms with Gasteiger partial charge >= 0.3 is 23.8 Å². The predicted octanol–water partition coefficient (Wildman–Crippen LogP) is 0.507. The molecule has 0 aliphatic carbocycles. The van der Waals surface area contributed by atoms with Crippen LogP contribution in [0.3, 0.4) is 0 Å². The van der Waals surface area contributed by atoms with Crippen molar-refractivity contribution in [2.24, 2.45) is 0 Å². The van der Waals surface area contributed by atoms with Gasteiger partial charge in [0.2, 0.25) is 0 Å². The van der Waals surface area contributed by atoms with E-state index in [1.54, 1.807) is 45.0 Å². The monoisotopic (exact) mass is 418 g/mol. The fraction of sp³-hybridized carbons (Fsp3) is 0.400. The van der Waals surface area contributed by atoms with E-state index in [-0.39, 0.29) is 30.5 Å². The Balaban J connectivity index is 2.34. The molecule has 1 aromatic carbocycles. The molecule has 10 heteroatoms. The maximum atomic E-state index is 12.7. The van der Waals surface area contributed by atoms with Crippen molar-refractivity contribution in [2.75, 3.05) is 20.3 Å². The number of ether oxygens (including phenoxy) is 2. The average Bonchev–Trinajstić information content (AvgIpc) is 2.71. The van der Waals surface area contributed by atoms with Crippen molar-refractivity contribution in [1.29, 1.82) is 0 Å². The topological polar surface area (TPSA) is 135 Å². The average molecular weight is 418 g/mol. The highest BCUT2D eigenvalue weighted by molar-refractivity contribution is 6.35. The van der Waals surface area contributed by atoms with E-state index in [9.17, 15) is 19.2 Å². The number of carbonyl (C=O) groups excluding carboxylic acids is 4. The van der Waals surface area contributed by atoms with Gasteiger partial charge in [0, 0.05) is 6.04 Å². The summed E-state index contributed by atoms with van der Waals surface area (Å²) in [5.74, 6) is -1.73. The number of hydrogen-bond acceptors (Lipinski definition) is 6. The number of benzene rings is 1. The van der Waals surface area contributed by atoms with Gasteiger partial charge in [0.15, 0.2) is 0 Å². The molecule has 4 amide bonds. The first kappa shape index (κ1) is 22.7. The van der Waals surface area contributed by atoms with Gasteiger partial charge in [-0.1, -0.05) is 12.1 Å². The molecule has 0 spiro atoms. The number of nitrogens with one attached hydrogen (secondary N) is 4. The number of amides is 4. The van der Waals surface area contributed by atoms with Crippen molar-refractivity contribution in [3.8, 4) is 5.75 Å². The van der Waals surface area contributed by atoms with Crippen LogP contribution in [0.25, 0.3) is 0 Å². The summed E-state index contributed by atoms with van der Waals surface area (Å²) in [6.45, 7) is 4.99. The zero-order valence-electron chi connectivity index (χ0n) is 17.3. The first-order valence-electron chi connectivity index (χ1n) is 9.47. The molecule has 1 aliphatic heterocycles. The van der Waals surface area contributed by atoms with E-state index in [1.165, 1.54) is 7.11 Å². The molecule has 162 valence electrons. The zero-order valence-corrected chi connectivity index (χ0v) is 17.3. The fourth-order valence-electron chi connectivity index (χ4n) is 2.83. The van der Waals surface area contributed by atoms with Crippen LogP contribution in [0.1, 0.15) is 32.4 Å². The van der Waals surface area contributed by atoms with Gasteiger partial charge in [0.25, 0.3) is 0 Å².